The quantitative estimate of drug-likeness (QED) is 0.176. The normalized spacial score (nSPS) is 11.2. The summed E-state index contributed by atoms with van der Waals surface area (Å²) in [5.41, 5.74) is 3.04. The number of fused-ring (bicyclic) bond motifs is 1. The number of ether oxygens (including phenoxy) is 1. The van der Waals surface area contributed by atoms with Crippen LogP contribution in [0.4, 0.5) is 14.6 Å². The summed E-state index contributed by atoms with van der Waals surface area (Å²) in [4.78, 5) is 12.1. The average molecular weight is 568 g/mol. The average Bonchev–Trinajstić information content (AvgIpc) is 3.23. The number of nitrogens with one attached hydrogen (secondary N) is 1. The summed E-state index contributed by atoms with van der Waals surface area (Å²) in [5.74, 6) is -0.153. The highest BCUT2D eigenvalue weighted by Gasteiger charge is 2.16. The van der Waals surface area contributed by atoms with E-state index in [1.54, 1.807) is 16.8 Å². The van der Waals surface area contributed by atoms with E-state index in [1.807, 2.05) is 25.1 Å². The number of nitrogens with zero attached hydrogens (tertiary/aromatic N) is 2. The number of aromatic nitrogens is 2. The molecule has 0 aliphatic rings. The molecule has 1 amide bonds. The van der Waals surface area contributed by atoms with Crippen molar-refractivity contribution >= 4 is 43.3 Å². The van der Waals surface area contributed by atoms with Gasteiger partial charge in [-0.05, 0) is 65.5 Å². The molecule has 7 nitrogen and oxygen atoms in total. The predicted molar refractivity (Wildman–Crippen MR) is 159 cm³/mol. The standard InChI is InChI=1S/C23H30FN3O2Si.C6H6BFO2/c1-5-6-22(28)25-23-20-12-9-18(17-7-10-19(24)11-8-17)15-21(20)27(26-23)16-29-13-14-30(2,3)4;8-6-3-1-5(2-4-6)7(9)10/h7-12,15H,5-6,13-14,16H2,1-4H3,(H,25,26,28);1-4,9-10H. The maximum Gasteiger partial charge on any atom is 0.488 e. The lowest BCUT2D eigenvalue weighted by Gasteiger charge is -2.15. The van der Waals surface area contributed by atoms with Gasteiger partial charge in [0, 0.05) is 26.5 Å². The van der Waals surface area contributed by atoms with Crippen LogP contribution in [0.15, 0.2) is 66.7 Å². The van der Waals surface area contributed by atoms with E-state index >= 15 is 0 Å². The van der Waals surface area contributed by atoms with Crippen LogP contribution in [0.2, 0.25) is 25.7 Å². The van der Waals surface area contributed by atoms with Crippen LogP contribution in [0.25, 0.3) is 22.0 Å². The van der Waals surface area contributed by atoms with E-state index in [-0.39, 0.29) is 17.5 Å². The molecule has 11 heteroatoms. The minimum absolute atomic E-state index is 0.0497. The van der Waals surface area contributed by atoms with Crippen molar-refractivity contribution in [1.82, 2.24) is 9.78 Å². The number of benzene rings is 3. The Morgan fingerprint density at radius 3 is 2.15 bits per heavy atom. The first-order chi connectivity index (χ1) is 19.0. The van der Waals surface area contributed by atoms with Crippen LogP contribution in [-0.4, -0.2) is 47.5 Å². The van der Waals surface area contributed by atoms with E-state index in [4.69, 9.17) is 14.8 Å². The Kier molecular flexibility index (Phi) is 11.1. The zero-order valence-electron chi connectivity index (χ0n) is 23.3. The second kappa shape index (κ2) is 14.3. The van der Waals surface area contributed by atoms with Crippen molar-refractivity contribution in [1.29, 1.82) is 0 Å². The molecule has 0 saturated carbocycles. The lowest BCUT2D eigenvalue weighted by Crippen LogP contribution is -2.29. The van der Waals surface area contributed by atoms with Crippen molar-refractivity contribution in [3.05, 3.63) is 78.4 Å². The second-order valence-corrected chi connectivity index (χ2v) is 16.3. The summed E-state index contributed by atoms with van der Waals surface area (Å²) in [6.45, 7) is 9.92. The summed E-state index contributed by atoms with van der Waals surface area (Å²) < 4.78 is 33.2. The molecule has 4 aromatic rings. The minimum atomic E-state index is -1.51. The van der Waals surface area contributed by atoms with Gasteiger partial charge in [-0.15, -0.1) is 0 Å². The molecule has 3 N–H and O–H groups in total. The first-order valence-electron chi connectivity index (χ1n) is 13.2. The molecule has 1 aromatic heterocycles. The van der Waals surface area contributed by atoms with Gasteiger partial charge in [-0.2, -0.15) is 5.10 Å². The monoisotopic (exact) mass is 567 g/mol. The van der Waals surface area contributed by atoms with Crippen molar-refractivity contribution in [2.75, 3.05) is 11.9 Å². The summed E-state index contributed by atoms with van der Waals surface area (Å²) in [7, 11) is -2.69. The zero-order chi connectivity index (χ0) is 29.3. The molecule has 3 aromatic carbocycles. The first kappa shape index (κ1) is 31.2. The number of amides is 1. The highest BCUT2D eigenvalue weighted by atomic mass is 28.3. The van der Waals surface area contributed by atoms with E-state index in [9.17, 15) is 13.6 Å². The first-order valence-corrected chi connectivity index (χ1v) is 16.9. The Bertz CT molecular complexity index is 1390. The van der Waals surface area contributed by atoms with Crippen molar-refractivity contribution in [3.63, 3.8) is 0 Å². The smallest absolute Gasteiger partial charge is 0.423 e. The Morgan fingerprint density at radius 2 is 1.57 bits per heavy atom. The molecule has 0 atom stereocenters. The number of anilines is 1. The number of halogens is 2. The van der Waals surface area contributed by atoms with E-state index in [0.29, 0.717) is 31.0 Å². The van der Waals surface area contributed by atoms with Gasteiger partial charge in [0.25, 0.3) is 0 Å². The molecule has 4 rings (SSSR count). The maximum absolute atomic E-state index is 13.3. The van der Waals surface area contributed by atoms with Crippen molar-refractivity contribution in [3.8, 4) is 11.1 Å². The van der Waals surface area contributed by atoms with Gasteiger partial charge < -0.3 is 20.1 Å². The van der Waals surface area contributed by atoms with Crippen molar-refractivity contribution in [2.45, 2.75) is 52.2 Å². The fourth-order valence-corrected chi connectivity index (χ4v) is 4.53. The summed E-state index contributed by atoms with van der Waals surface area (Å²) in [6, 6.07) is 18.4. The molecule has 212 valence electrons. The van der Waals surface area contributed by atoms with Crippen LogP contribution in [0.5, 0.6) is 0 Å². The molecule has 1 heterocycles. The Hall–Kier alpha value is -3.38. The third kappa shape index (κ3) is 9.37. The van der Waals surface area contributed by atoms with Crippen LogP contribution in [-0.2, 0) is 16.3 Å². The molecule has 0 aliphatic heterocycles. The third-order valence-corrected chi connectivity index (χ3v) is 7.75. The molecule has 0 saturated heterocycles. The van der Waals surface area contributed by atoms with Gasteiger partial charge in [0.15, 0.2) is 5.82 Å². The number of rotatable bonds is 10. The molecule has 0 radical (unpaired) electrons. The lowest BCUT2D eigenvalue weighted by atomic mass is 9.80. The van der Waals surface area contributed by atoms with Crippen LogP contribution in [0.3, 0.4) is 0 Å². The molecule has 40 heavy (non-hydrogen) atoms. The molecular formula is C29H36BF2N3O4Si. The Balaban J connectivity index is 0.000000371. The van der Waals surface area contributed by atoms with E-state index in [2.05, 4.69) is 30.1 Å². The van der Waals surface area contributed by atoms with Crippen LogP contribution in [0.1, 0.15) is 19.8 Å². The van der Waals surface area contributed by atoms with E-state index in [1.165, 1.54) is 36.4 Å². The van der Waals surface area contributed by atoms with Crippen LogP contribution >= 0.6 is 0 Å². The second-order valence-electron chi connectivity index (χ2n) is 10.7. The molecule has 0 fully saturated rings. The number of hydrogen-bond donors (Lipinski definition) is 3. The fourth-order valence-electron chi connectivity index (χ4n) is 3.77. The summed E-state index contributed by atoms with van der Waals surface area (Å²) in [6.07, 6.45) is 1.23. The SMILES string of the molecule is CCCC(=O)Nc1nn(COCC[Si](C)(C)C)c2cc(-c3ccc(F)cc3)ccc12.OB(O)c1ccc(F)cc1. The van der Waals surface area contributed by atoms with Gasteiger partial charge in [0.1, 0.15) is 18.4 Å². The molecule has 0 aliphatic carbocycles. The van der Waals surface area contributed by atoms with Crippen molar-refractivity contribution < 1.29 is 28.4 Å². The topological polar surface area (TPSA) is 96.6 Å². The van der Waals surface area contributed by atoms with Crippen LogP contribution in [0, 0.1) is 11.6 Å². The molecule has 0 spiro atoms. The lowest BCUT2D eigenvalue weighted by molar-refractivity contribution is -0.116. The summed E-state index contributed by atoms with van der Waals surface area (Å²) in [5, 5.41) is 25.5. The van der Waals surface area contributed by atoms with Gasteiger partial charge in [0.2, 0.25) is 5.91 Å². The highest BCUT2D eigenvalue weighted by Crippen LogP contribution is 2.29. The number of carbonyl (C=O) groups excluding carboxylic acids is 1. The van der Waals surface area contributed by atoms with Gasteiger partial charge in [-0.3, -0.25) is 4.79 Å². The predicted octanol–water partition coefficient (Wildman–Crippen LogP) is 5.40. The van der Waals surface area contributed by atoms with Gasteiger partial charge in [0.05, 0.1) is 5.52 Å². The largest absolute Gasteiger partial charge is 0.488 e. The highest BCUT2D eigenvalue weighted by molar-refractivity contribution is 6.76. The third-order valence-electron chi connectivity index (χ3n) is 6.04. The molecule has 0 unspecified atom stereocenters. The zero-order valence-corrected chi connectivity index (χ0v) is 24.3. The number of carbonyl (C=O) groups is 1. The van der Waals surface area contributed by atoms with Crippen LogP contribution < -0.4 is 10.8 Å². The fraction of sp³-hybridized carbons (Fsp3) is 0.310. The molecule has 0 bridgehead atoms. The van der Waals surface area contributed by atoms with Crippen molar-refractivity contribution in [2.24, 2.45) is 0 Å². The van der Waals surface area contributed by atoms with Gasteiger partial charge >= 0.3 is 7.12 Å². The maximum atomic E-state index is 13.3. The Labute approximate surface area is 235 Å². The van der Waals surface area contributed by atoms with E-state index < -0.39 is 15.2 Å². The Morgan fingerprint density at radius 1 is 0.975 bits per heavy atom. The molecular weight excluding hydrogens is 531 g/mol. The number of hydrogen-bond acceptors (Lipinski definition) is 5. The van der Waals surface area contributed by atoms with Gasteiger partial charge in [-0.25, -0.2) is 13.5 Å². The summed E-state index contributed by atoms with van der Waals surface area (Å²) >= 11 is 0. The van der Waals surface area contributed by atoms with E-state index in [0.717, 1.165) is 34.5 Å². The van der Waals surface area contributed by atoms with Gasteiger partial charge in [-0.1, -0.05) is 56.9 Å². The minimum Gasteiger partial charge on any atom is -0.423 e.